The van der Waals surface area contributed by atoms with Crippen LogP contribution in [-0.4, -0.2) is 41.6 Å². The number of amides is 1. The third-order valence-corrected chi connectivity index (χ3v) is 2.46. The number of nitrogens with zero attached hydrogens (tertiary/aromatic N) is 2. The highest BCUT2D eigenvalue weighted by Crippen LogP contribution is 2.17. The van der Waals surface area contributed by atoms with E-state index in [1.165, 1.54) is 13.2 Å². The molecule has 0 radical (unpaired) electrons. The van der Waals surface area contributed by atoms with Crippen molar-refractivity contribution in [1.82, 2.24) is 10.3 Å². The molecule has 0 aliphatic carbocycles. The van der Waals surface area contributed by atoms with Gasteiger partial charge in [0.1, 0.15) is 12.2 Å². The Bertz CT molecular complexity index is 446. The average Bonchev–Trinajstić information content (AvgIpc) is 2.34. The lowest BCUT2D eigenvalue weighted by molar-refractivity contribution is -0.135. The van der Waals surface area contributed by atoms with Crippen molar-refractivity contribution in [3.8, 4) is 0 Å². The number of hydrogen-bond acceptors (Lipinski definition) is 4. The average molecular weight is 251 g/mol. The van der Waals surface area contributed by atoms with E-state index in [9.17, 15) is 9.59 Å². The predicted octanol–water partition coefficient (Wildman–Crippen LogP) is 0.741. The summed E-state index contributed by atoms with van der Waals surface area (Å²) in [7, 11) is 1.52. The number of carboxylic acid groups (broad SMARTS) is 1. The molecule has 0 spiro atoms. The molecule has 6 heteroatoms. The van der Waals surface area contributed by atoms with Crippen molar-refractivity contribution in [3.05, 3.63) is 24.0 Å². The van der Waals surface area contributed by atoms with Gasteiger partial charge in [0.15, 0.2) is 0 Å². The number of carbonyl (C=O) groups is 2. The fraction of sp³-hybridized carbons (Fsp3) is 0.417. The second-order valence-electron chi connectivity index (χ2n) is 4.09. The number of aliphatic carboxylic acids is 1. The Kier molecular flexibility index (Phi) is 4.65. The summed E-state index contributed by atoms with van der Waals surface area (Å²) >= 11 is 0. The summed E-state index contributed by atoms with van der Waals surface area (Å²) < 4.78 is 0. The molecule has 0 saturated carbocycles. The van der Waals surface area contributed by atoms with Crippen LogP contribution in [0.4, 0.5) is 5.69 Å². The van der Waals surface area contributed by atoms with Crippen molar-refractivity contribution in [1.29, 1.82) is 0 Å². The lowest BCUT2D eigenvalue weighted by atomic mass is 10.2. The van der Waals surface area contributed by atoms with E-state index in [-0.39, 0.29) is 24.2 Å². The Morgan fingerprint density at radius 3 is 2.67 bits per heavy atom. The maximum atomic E-state index is 11.5. The van der Waals surface area contributed by atoms with Crippen molar-refractivity contribution < 1.29 is 14.7 Å². The van der Waals surface area contributed by atoms with Gasteiger partial charge in [0.05, 0.1) is 0 Å². The summed E-state index contributed by atoms with van der Waals surface area (Å²) in [4.78, 5) is 27.9. The first kappa shape index (κ1) is 14.0. The second kappa shape index (κ2) is 6.00. The van der Waals surface area contributed by atoms with Gasteiger partial charge in [-0.2, -0.15) is 0 Å². The molecule has 18 heavy (non-hydrogen) atoms. The van der Waals surface area contributed by atoms with Crippen LogP contribution in [0.3, 0.4) is 0 Å². The standard InChI is InChI=1S/C12H17N3O3/c1-8(2)15(7-11(16)17)9-4-5-14-10(6-9)12(18)13-3/h4-6,8H,7H2,1-3H3,(H,13,18)(H,16,17). The van der Waals surface area contributed by atoms with Crippen molar-refractivity contribution >= 4 is 17.6 Å². The molecule has 0 aromatic carbocycles. The number of nitrogens with one attached hydrogen (secondary N) is 1. The number of hydrogen-bond donors (Lipinski definition) is 2. The van der Waals surface area contributed by atoms with Crippen molar-refractivity contribution in [2.45, 2.75) is 19.9 Å². The Balaban J connectivity index is 3.05. The first-order valence-electron chi connectivity index (χ1n) is 5.62. The van der Waals surface area contributed by atoms with E-state index in [2.05, 4.69) is 10.3 Å². The minimum atomic E-state index is -0.915. The van der Waals surface area contributed by atoms with Crippen LogP contribution in [0.1, 0.15) is 24.3 Å². The molecule has 1 amide bonds. The molecule has 1 rings (SSSR count). The van der Waals surface area contributed by atoms with Gasteiger partial charge in [-0.25, -0.2) is 0 Å². The molecule has 0 fully saturated rings. The summed E-state index contributed by atoms with van der Waals surface area (Å²) in [5.74, 6) is -1.21. The van der Waals surface area contributed by atoms with Gasteiger partial charge in [-0.05, 0) is 26.0 Å². The quantitative estimate of drug-likeness (QED) is 0.806. The zero-order valence-electron chi connectivity index (χ0n) is 10.7. The normalized spacial score (nSPS) is 10.2. The first-order valence-corrected chi connectivity index (χ1v) is 5.62. The summed E-state index contributed by atoms with van der Waals surface area (Å²) in [5, 5.41) is 11.4. The van der Waals surface area contributed by atoms with Gasteiger partial charge in [-0.1, -0.05) is 0 Å². The van der Waals surface area contributed by atoms with E-state index in [4.69, 9.17) is 5.11 Å². The van der Waals surface area contributed by atoms with E-state index in [0.29, 0.717) is 5.69 Å². The minimum absolute atomic E-state index is 0.0148. The van der Waals surface area contributed by atoms with E-state index in [0.717, 1.165) is 0 Å². The molecule has 6 nitrogen and oxygen atoms in total. The zero-order chi connectivity index (χ0) is 13.7. The van der Waals surface area contributed by atoms with E-state index in [1.54, 1.807) is 17.0 Å². The summed E-state index contributed by atoms with van der Waals surface area (Å²) in [6, 6.07) is 3.29. The third-order valence-electron chi connectivity index (χ3n) is 2.46. The molecular weight excluding hydrogens is 234 g/mol. The molecule has 0 saturated heterocycles. The smallest absolute Gasteiger partial charge is 0.323 e. The van der Waals surface area contributed by atoms with Gasteiger partial charge < -0.3 is 15.3 Å². The van der Waals surface area contributed by atoms with Crippen LogP contribution in [0.25, 0.3) is 0 Å². The van der Waals surface area contributed by atoms with Crippen LogP contribution in [-0.2, 0) is 4.79 Å². The summed E-state index contributed by atoms with van der Waals surface area (Å²) in [6.07, 6.45) is 1.50. The van der Waals surface area contributed by atoms with Crippen LogP contribution < -0.4 is 10.2 Å². The van der Waals surface area contributed by atoms with Crippen molar-refractivity contribution in [2.24, 2.45) is 0 Å². The van der Waals surface area contributed by atoms with Crippen molar-refractivity contribution in [3.63, 3.8) is 0 Å². The lowest BCUT2D eigenvalue weighted by Crippen LogP contribution is -2.36. The van der Waals surface area contributed by atoms with Crippen LogP contribution in [0, 0.1) is 0 Å². The third kappa shape index (κ3) is 3.44. The fourth-order valence-corrected chi connectivity index (χ4v) is 1.57. The maximum Gasteiger partial charge on any atom is 0.323 e. The Morgan fingerprint density at radius 2 is 2.17 bits per heavy atom. The Morgan fingerprint density at radius 1 is 1.50 bits per heavy atom. The Labute approximate surface area is 106 Å². The number of aromatic nitrogens is 1. The van der Waals surface area contributed by atoms with Crippen LogP contribution >= 0.6 is 0 Å². The molecule has 1 aromatic rings. The highest BCUT2D eigenvalue weighted by atomic mass is 16.4. The van der Waals surface area contributed by atoms with Crippen LogP contribution in [0.5, 0.6) is 0 Å². The molecule has 0 aliphatic rings. The van der Waals surface area contributed by atoms with Gasteiger partial charge in [0.25, 0.3) is 5.91 Å². The zero-order valence-corrected chi connectivity index (χ0v) is 10.7. The van der Waals surface area contributed by atoms with E-state index >= 15 is 0 Å². The highest BCUT2D eigenvalue weighted by molar-refractivity contribution is 5.93. The van der Waals surface area contributed by atoms with E-state index < -0.39 is 5.97 Å². The largest absolute Gasteiger partial charge is 0.480 e. The number of carbonyl (C=O) groups excluding carboxylic acids is 1. The van der Waals surface area contributed by atoms with Gasteiger partial charge >= 0.3 is 5.97 Å². The highest BCUT2D eigenvalue weighted by Gasteiger charge is 2.16. The van der Waals surface area contributed by atoms with E-state index in [1.807, 2.05) is 13.8 Å². The van der Waals surface area contributed by atoms with Gasteiger partial charge in [0.2, 0.25) is 0 Å². The molecule has 1 aromatic heterocycles. The Hall–Kier alpha value is -2.11. The van der Waals surface area contributed by atoms with Crippen molar-refractivity contribution in [2.75, 3.05) is 18.5 Å². The number of anilines is 1. The molecule has 2 N–H and O–H groups in total. The fourth-order valence-electron chi connectivity index (χ4n) is 1.57. The molecular formula is C12H17N3O3. The maximum absolute atomic E-state index is 11.5. The molecule has 0 bridgehead atoms. The minimum Gasteiger partial charge on any atom is -0.480 e. The SMILES string of the molecule is CNC(=O)c1cc(N(CC(=O)O)C(C)C)ccn1. The summed E-state index contributed by atoms with van der Waals surface area (Å²) in [5.41, 5.74) is 0.937. The van der Waals surface area contributed by atoms with Gasteiger partial charge in [-0.15, -0.1) is 0 Å². The topological polar surface area (TPSA) is 82.5 Å². The van der Waals surface area contributed by atoms with Gasteiger partial charge in [-0.3, -0.25) is 14.6 Å². The number of rotatable bonds is 5. The van der Waals surface area contributed by atoms with Crippen LogP contribution in [0.2, 0.25) is 0 Å². The molecule has 0 atom stereocenters. The molecule has 0 aliphatic heterocycles. The number of pyridine rings is 1. The number of carboxylic acids is 1. The molecule has 0 unspecified atom stereocenters. The van der Waals surface area contributed by atoms with Gasteiger partial charge in [0, 0.05) is 25.0 Å². The predicted molar refractivity (Wildman–Crippen MR) is 67.7 cm³/mol. The lowest BCUT2D eigenvalue weighted by Gasteiger charge is -2.27. The summed E-state index contributed by atoms with van der Waals surface area (Å²) in [6.45, 7) is 3.67. The molecule has 1 heterocycles. The monoisotopic (exact) mass is 251 g/mol. The van der Waals surface area contributed by atoms with Crippen LogP contribution in [0.15, 0.2) is 18.3 Å². The molecule has 98 valence electrons. The first-order chi connectivity index (χ1) is 8.45. The second-order valence-corrected chi connectivity index (χ2v) is 4.09.